The summed E-state index contributed by atoms with van der Waals surface area (Å²) in [4.78, 5) is 33.4. The Bertz CT molecular complexity index is 761. The van der Waals surface area contributed by atoms with E-state index in [9.17, 15) is 14.4 Å². The van der Waals surface area contributed by atoms with Gasteiger partial charge in [0.25, 0.3) is 0 Å². The minimum absolute atomic E-state index is 0.0567. The monoisotopic (exact) mass is 714 g/mol. The van der Waals surface area contributed by atoms with Crippen molar-refractivity contribution in [2.75, 3.05) is 139 Å². The smallest absolute Gasteiger partial charge is 0.308 e. The molecule has 0 unspecified atom stereocenters. The molecule has 0 fully saturated rings. The molecule has 0 aromatic carbocycles. The van der Waals surface area contributed by atoms with E-state index in [4.69, 9.17) is 61.9 Å². The van der Waals surface area contributed by atoms with Gasteiger partial charge in [-0.1, -0.05) is 0 Å². The number of esters is 2. The fraction of sp³-hybridized carbons (Fsp3) is 0.909. The lowest BCUT2D eigenvalue weighted by molar-refractivity contribution is -0.156. The van der Waals surface area contributed by atoms with E-state index in [1.165, 1.54) is 0 Å². The second-order valence-electron chi connectivity index (χ2n) is 11.3. The van der Waals surface area contributed by atoms with Gasteiger partial charge in [0.1, 0.15) is 12.2 Å². The van der Waals surface area contributed by atoms with Crippen LogP contribution in [0.25, 0.3) is 0 Å². The minimum atomic E-state index is -0.866. The zero-order valence-electron chi connectivity index (χ0n) is 30.0. The van der Waals surface area contributed by atoms with Gasteiger partial charge in [0.15, 0.2) is 0 Å². The Morgan fingerprint density at radius 1 is 0.388 bits per heavy atom. The van der Waals surface area contributed by atoms with Crippen molar-refractivity contribution >= 4 is 17.9 Å². The van der Waals surface area contributed by atoms with E-state index in [0.29, 0.717) is 138 Å². The molecule has 0 atom stereocenters. The Hall–Kier alpha value is -1.99. The van der Waals surface area contributed by atoms with Crippen molar-refractivity contribution in [1.29, 1.82) is 0 Å². The number of hydrogen-bond acceptors (Lipinski definition) is 15. The Labute approximate surface area is 291 Å². The van der Waals surface area contributed by atoms with E-state index in [1.54, 1.807) is 0 Å². The first-order valence-corrected chi connectivity index (χ1v) is 17.1. The van der Waals surface area contributed by atoms with Crippen LogP contribution in [0.5, 0.6) is 0 Å². The first-order valence-electron chi connectivity index (χ1n) is 17.1. The van der Waals surface area contributed by atoms with Crippen molar-refractivity contribution in [3.8, 4) is 0 Å². The van der Waals surface area contributed by atoms with Crippen LogP contribution in [0.4, 0.5) is 0 Å². The standard InChI is InChI=1S/C33H62O16/c1-33(2,3)49-32(37)8-9-38-10-11-39-12-13-40-14-15-41-16-17-42-18-19-43-20-21-44-22-23-45-24-25-46-26-27-47-28-29-48-31(36)7-5-4-6-30(34)35/h4-29H2,1-3H3,(H,34,35). The van der Waals surface area contributed by atoms with Gasteiger partial charge in [-0.25, -0.2) is 0 Å². The summed E-state index contributed by atoms with van der Waals surface area (Å²) < 4.78 is 64.4. The highest BCUT2D eigenvalue weighted by atomic mass is 16.6. The highest BCUT2D eigenvalue weighted by Crippen LogP contribution is 2.08. The molecule has 0 aliphatic rings. The predicted octanol–water partition coefficient (Wildman–Crippen LogP) is 2.07. The number of aliphatic carboxylic acids is 1. The van der Waals surface area contributed by atoms with Gasteiger partial charge in [0.2, 0.25) is 0 Å². The molecule has 0 bridgehead atoms. The highest BCUT2D eigenvalue weighted by Gasteiger charge is 2.15. The van der Waals surface area contributed by atoms with Crippen LogP contribution in [-0.4, -0.2) is 167 Å². The van der Waals surface area contributed by atoms with E-state index in [0.717, 1.165) is 0 Å². The van der Waals surface area contributed by atoms with Crippen LogP contribution in [0.3, 0.4) is 0 Å². The molecule has 0 spiro atoms. The van der Waals surface area contributed by atoms with E-state index in [-0.39, 0.29) is 44.4 Å². The van der Waals surface area contributed by atoms with Crippen LogP contribution in [0.15, 0.2) is 0 Å². The van der Waals surface area contributed by atoms with Gasteiger partial charge < -0.3 is 61.9 Å². The summed E-state index contributed by atoms with van der Waals surface area (Å²) >= 11 is 0. The summed E-state index contributed by atoms with van der Waals surface area (Å²) in [6, 6.07) is 0. The van der Waals surface area contributed by atoms with Crippen molar-refractivity contribution in [3.63, 3.8) is 0 Å². The topological polar surface area (TPSA) is 182 Å². The summed E-state index contributed by atoms with van der Waals surface area (Å²) in [6.07, 6.45) is 1.44. The van der Waals surface area contributed by atoms with Crippen LogP contribution < -0.4 is 0 Å². The average Bonchev–Trinajstić information content (AvgIpc) is 3.04. The lowest BCUT2D eigenvalue weighted by atomic mass is 10.2. The molecule has 0 aliphatic carbocycles. The first kappa shape index (κ1) is 47.0. The molecule has 0 saturated carbocycles. The molecule has 0 rings (SSSR count). The molecule has 0 aromatic heterocycles. The molecule has 16 heteroatoms. The van der Waals surface area contributed by atoms with Gasteiger partial charge in [-0.3, -0.25) is 14.4 Å². The zero-order chi connectivity index (χ0) is 36.1. The van der Waals surface area contributed by atoms with Crippen molar-refractivity contribution in [2.24, 2.45) is 0 Å². The summed E-state index contributed by atoms with van der Waals surface area (Å²) in [6.45, 7) is 14.4. The molecule has 0 aromatic rings. The number of rotatable bonds is 38. The molecule has 0 radical (unpaired) electrons. The summed E-state index contributed by atoms with van der Waals surface area (Å²) in [5.74, 6) is -1.49. The number of hydrogen-bond donors (Lipinski definition) is 1. The van der Waals surface area contributed by atoms with Crippen molar-refractivity contribution in [3.05, 3.63) is 0 Å². The maximum atomic E-state index is 11.6. The summed E-state index contributed by atoms with van der Waals surface area (Å²) in [5.41, 5.74) is -0.481. The number of unbranched alkanes of at least 4 members (excludes halogenated alkanes) is 1. The fourth-order valence-electron chi connectivity index (χ4n) is 3.46. The molecule has 49 heavy (non-hydrogen) atoms. The Morgan fingerprint density at radius 2 is 0.673 bits per heavy atom. The molecular formula is C33H62O16. The number of ether oxygens (including phenoxy) is 12. The second kappa shape index (κ2) is 35.8. The molecule has 0 amide bonds. The molecule has 0 heterocycles. The predicted molar refractivity (Wildman–Crippen MR) is 176 cm³/mol. The fourth-order valence-corrected chi connectivity index (χ4v) is 3.46. The number of carboxylic acid groups (broad SMARTS) is 1. The van der Waals surface area contributed by atoms with Gasteiger partial charge >= 0.3 is 17.9 Å². The molecule has 0 aliphatic heterocycles. The number of carbonyl (C=O) groups is 3. The first-order chi connectivity index (χ1) is 23.7. The van der Waals surface area contributed by atoms with E-state index < -0.39 is 11.6 Å². The van der Waals surface area contributed by atoms with Crippen LogP contribution in [0, 0.1) is 0 Å². The summed E-state index contributed by atoms with van der Waals surface area (Å²) in [5, 5.41) is 8.55. The van der Waals surface area contributed by atoms with Crippen molar-refractivity contribution < 1.29 is 76.3 Å². The highest BCUT2D eigenvalue weighted by molar-refractivity contribution is 5.70. The van der Waals surface area contributed by atoms with Crippen molar-refractivity contribution in [2.45, 2.75) is 58.5 Å². The third kappa shape index (κ3) is 42.1. The quantitative estimate of drug-likeness (QED) is 0.0724. The molecule has 16 nitrogen and oxygen atoms in total. The van der Waals surface area contributed by atoms with Crippen LogP contribution >= 0.6 is 0 Å². The molecule has 0 saturated heterocycles. The molecular weight excluding hydrogens is 652 g/mol. The third-order valence-electron chi connectivity index (χ3n) is 5.73. The van der Waals surface area contributed by atoms with Gasteiger partial charge in [0, 0.05) is 12.8 Å². The molecule has 290 valence electrons. The van der Waals surface area contributed by atoms with Crippen LogP contribution in [0.1, 0.15) is 52.9 Å². The van der Waals surface area contributed by atoms with Gasteiger partial charge in [-0.15, -0.1) is 0 Å². The van der Waals surface area contributed by atoms with Gasteiger partial charge in [0.05, 0.1) is 139 Å². The maximum Gasteiger partial charge on any atom is 0.308 e. The third-order valence-corrected chi connectivity index (χ3v) is 5.73. The van der Waals surface area contributed by atoms with Crippen molar-refractivity contribution in [1.82, 2.24) is 0 Å². The van der Waals surface area contributed by atoms with Gasteiger partial charge in [-0.05, 0) is 33.6 Å². The normalized spacial score (nSPS) is 11.6. The minimum Gasteiger partial charge on any atom is -0.481 e. The Kier molecular flexibility index (Phi) is 34.4. The summed E-state index contributed by atoms with van der Waals surface area (Å²) in [7, 11) is 0. The van der Waals surface area contributed by atoms with Crippen LogP contribution in [0.2, 0.25) is 0 Å². The van der Waals surface area contributed by atoms with E-state index in [2.05, 4.69) is 0 Å². The van der Waals surface area contributed by atoms with Crippen LogP contribution in [-0.2, 0) is 71.2 Å². The molecule has 1 N–H and O–H groups in total. The maximum absolute atomic E-state index is 11.6. The van der Waals surface area contributed by atoms with E-state index in [1.807, 2.05) is 20.8 Å². The lowest BCUT2D eigenvalue weighted by Crippen LogP contribution is -2.24. The van der Waals surface area contributed by atoms with E-state index >= 15 is 0 Å². The second-order valence-corrected chi connectivity index (χ2v) is 11.3. The Balaban J connectivity index is 3.14. The lowest BCUT2D eigenvalue weighted by Gasteiger charge is -2.19. The Morgan fingerprint density at radius 3 is 0.980 bits per heavy atom. The number of carboxylic acids is 1. The SMILES string of the molecule is CC(C)(C)OC(=O)CCOCCOCCOCCOCCOCCOCCOCCOCCOCCOCCOC(=O)CCCCC(=O)O. The zero-order valence-corrected chi connectivity index (χ0v) is 30.0. The van der Waals surface area contributed by atoms with Gasteiger partial charge in [-0.2, -0.15) is 0 Å². The largest absolute Gasteiger partial charge is 0.481 e. The average molecular weight is 715 g/mol. The number of carbonyl (C=O) groups excluding carboxylic acids is 2.